The minimum Gasteiger partial charge on any atom is -0.378 e. The van der Waals surface area contributed by atoms with Gasteiger partial charge in [0.1, 0.15) is 5.82 Å². The van der Waals surface area contributed by atoms with E-state index in [1.54, 1.807) is 0 Å². The first-order valence-electron chi connectivity index (χ1n) is 9.45. The summed E-state index contributed by atoms with van der Waals surface area (Å²) >= 11 is 1.39. The largest absolute Gasteiger partial charge is 0.378 e. The van der Waals surface area contributed by atoms with Gasteiger partial charge >= 0.3 is 0 Å². The number of thiophene rings is 1. The molecule has 0 saturated carbocycles. The molecule has 4 rings (SSSR count). The van der Waals surface area contributed by atoms with E-state index in [9.17, 15) is 14.0 Å². The highest BCUT2D eigenvalue weighted by atomic mass is 32.1. The number of hydrogen-bond acceptors (Lipinski definition) is 5. The first-order chi connectivity index (χ1) is 14.5. The summed E-state index contributed by atoms with van der Waals surface area (Å²) in [7, 11) is 0. The normalized spacial score (nSPS) is 13.8. The fourth-order valence-corrected chi connectivity index (χ4v) is 4.43. The number of carbonyl (C=O) groups is 2. The van der Waals surface area contributed by atoms with E-state index < -0.39 is 11.7 Å². The number of amides is 2. The second-order valence-electron chi connectivity index (χ2n) is 6.81. The summed E-state index contributed by atoms with van der Waals surface area (Å²) in [6, 6.07) is 15.5. The molecular weight excluding hydrogens is 405 g/mol. The Morgan fingerprint density at radius 2 is 1.80 bits per heavy atom. The van der Waals surface area contributed by atoms with Crippen molar-refractivity contribution in [1.82, 2.24) is 0 Å². The van der Waals surface area contributed by atoms with Gasteiger partial charge in [0.25, 0.3) is 11.8 Å². The van der Waals surface area contributed by atoms with Gasteiger partial charge in [-0.05, 0) is 29.8 Å². The Hall–Kier alpha value is -3.23. The van der Waals surface area contributed by atoms with Gasteiger partial charge in [0.15, 0.2) is 0 Å². The van der Waals surface area contributed by atoms with Crippen molar-refractivity contribution in [1.29, 1.82) is 0 Å². The number of hydrogen-bond donors (Lipinski definition) is 2. The average Bonchev–Trinajstić information content (AvgIpc) is 3.22. The summed E-state index contributed by atoms with van der Waals surface area (Å²) in [5.41, 5.74) is 7.22. The van der Waals surface area contributed by atoms with E-state index in [1.807, 2.05) is 36.4 Å². The number of ether oxygens (including phenoxy) is 1. The van der Waals surface area contributed by atoms with Gasteiger partial charge in [0.05, 0.1) is 28.7 Å². The smallest absolute Gasteiger partial charge is 0.265 e. The zero-order chi connectivity index (χ0) is 21.1. The Morgan fingerprint density at radius 3 is 2.50 bits per heavy atom. The number of benzene rings is 2. The van der Waals surface area contributed by atoms with E-state index in [0.717, 1.165) is 35.3 Å². The Kier molecular flexibility index (Phi) is 5.78. The summed E-state index contributed by atoms with van der Waals surface area (Å²) < 4.78 is 19.2. The first-order valence-corrected chi connectivity index (χ1v) is 10.3. The number of anilines is 2. The summed E-state index contributed by atoms with van der Waals surface area (Å²) in [5.74, 6) is -1.95. The molecule has 3 aromatic rings. The zero-order valence-corrected chi connectivity index (χ0v) is 16.9. The van der Waals surface area contributed by atoms with Crippen LogP contribution >= 0.6 is 11.3 Å². The number of rotatable bonds is 5. The standard InChI is InChI=1S/C22H20FN3O3S/c23-18-7-6-15(12-17(18)20(24)27)25-21(28)19-13-16(14-4-2-1-3-5-14)22(30-19)26-8-10-29-11-9-26/h1-7,12-13H,8-11H2,(H2,24,27)(H,25,28). The molecule has 1 fully saturated rings. The average molecular weight is 425 g/mol. The molecule has 1 aliphatic rings. The molecular formula is C22H20FN3O3S. The van der Waals surface area contributed by atoms with E-state index in [0.29, 0.717) is 23.8 Å². The predicted molar refractivity (Wildman–Crippen MR) is 116 cm³/mol. The van der Waals surface area contributed by atoms with Gasteiger partial charge in [-0.3, -0.25) is 9.59 Å². The van der Waals surface area contributed by atoms with Gasteiger partial charge < -0.3 is 20.7 Å². The maximum absolute atomic E-state index is 13.7. The lowest BCUT2D eigenvalue weighted by atomic mass is 10.1. The minimum absolute atomic E-state index is 0.266. The van der Waals surface area contributed by atoms with Crippen LogP contribution < -0.4 is 16.0 Å². The molecule has 2 amide bonds. The second kappa shape index (κ2) is 8.64. The summed E-state index contributed by atoms with van der Waals surface area (Å²) in [4.78, 5) is 27.0. The van der Waals surface area contributed by atoms with Crippen molar-refractivity contribution in [3.8, 4) is 11.1 Å². The van der Waals surface area contributed by atoms with Gasteiger partial charge in [0.2, 0.25) is 0 Å². The molecule has 8 heteroatoms. The van der Waals surface area contributed by atoms with Crippen molar-refractivity contribution in [3.63, 3.8) is 0 Å². The highest BCUT2D eigenvalue weighted by Gasteiger charge is 2.22. The lowest BCUT2D eigenvalue weighted by Gasteiger charge is -2.28. The predicted octanol–water partition coefficient (Wildman–Crippen LogP) is 3.74. The molecule has 30 heavy (non-hydrogen) atoms. The van der Waals surface area contributed by atoms with Gasteiger partial charge in [-0.15, -0.1) is 11.3 Å². The molecule has 0 atom stereocenters. The van der Waals surface area contributed by atoms with Crippen molar-refractivity contribution in [2.24, 2.45) is 5.73 Å². The number of carbonyl (C=O) groups excluding carboxylic acids is 2. The van der Waals surface area contributed by atoms with Crippen molar-refractivity contribution >= 4 is 33.8 Å². The van der Waals surface area contributed by atoms with Gasteiger partial charge in [-0.1, -0.05) is 30.3 Å². The molecule has 1 aromatic heterocycles. The molecule has 0 radical (unpaired) electrons. The summed E-state index contributed by atoms with van der Waals surface area (Å²) in [6.45, 7) is 2.78. The summed E-state index contributed by atoms with van der Waals surface area (Å²) in [5, 5.41) is 3.74. The van der Waals surface area contributed by atoms with E-state index in [4.69, 9.17) is 10.5 Å². The van der Waals surface area contributed by atoms with Crippen LogP contribution in [0.15, 0.2) is 54.6 Å². The SMILES string of the molecule is NC(=O)c1cc(NC(=O)c2cc(-c3ccccc3)c(N3CCOCC3)s2)ccc1F. The van der Waals surface area contributed by atoms with Crippen LogP contribution in [0.5, 0.6) is 0 Å². The van der Waals surface area contributed by atoms with Crippen LogP contribution in [0.2, 0.25) is 0 Å². The quantitative estimate of drug-likeness (QED) is 0.652. The molecule has 0 bridgehead atoms. The molecule has 1 aliphatic heterocycles. The van der Waals surface area contributed by atoms with Crippen molar-refractivity contribution < 1.29 is 18.7 Å². The van der Waals surface area contributed by atoms with Crippen LogP contribution in [0.25, 0.3) is 11.1 Å². The monoisotopic (exact) mass is 425 g/mol. The fraction of sp³-hybridized carbons (Fsp3) is 0.182. The van der Waals surface area contributed by atoms with Crippen LogP contribution in [0.1, 0.15) is 20.0 Å². The maximum atomic E-state index is 13.7. The molecule has 0 aliphatic carbocycles. The third-order valence-corrected chi connectivity index (χ3v) is 6.00. The number of morpholine rings is 1. The third kappa shape index (κ3) is 4.19. The Labute approximate surface area is 177 Å². The Bertz CT molecular complexity index is 1080. The third-order valence-electron chi connectivity index (χ3n) is 4.81. The number of primary amides is 1. The minimum atomic E-state index is -0.888. The van der Waals surface area contributed by atoms with Gasteiger partial charge in [0, 0.05) is 24.3 Å². The van der Waals surface area contributed by atoms with Crippen molar-refractivity contribution in [3.05, 3.63) is 70.9 Å². The van der Waals surface area contributed by atoms with E-state index in [2.05, 4.69) is 10.2 Å². The molecule has 1 saturated heterocycles. The van der Waals surface area contributed by atoms with Crippen molar-refractivity contribution in [2.75, 3.05) is 36.5 Å². The van der Waals surface area contributed by atoms with Crippen molar-refractivity contribution in [2.45, 2.75) is 0 Å². The van der Waals surface area contributed by atoms with Crippen LogP contribution in [-0.4, -0.2) is 38.1 Å². The fourth-order valence-electron chi connectivity index (χ4n) is 3.30. The van der Waals surface area contributed by atoms with E-state index in [1.165, 1.54) is 23.5 Å². The van der Waals surface area contributed by atoms with E-state index in [-0.39, 0.29) is 11.5 Å². The van der Waals surface area contributed by atoms with Crippen LogP contribution in [-0.2, 0) is 4.74 Å². The Balaban J connectivity index is 1.65. The maximum Gasteiger partial charge on any atom is 0.265 e. The molecule has 2 aromatic carbocycles. The van der Waals surface area contributed by atoms with Crippen LogP contribution in [0.3, 0.4) is 0 Å². The molecule has 3 N–H and O–H groups in total. The topological polar surface area (TPSA) is 84.7 Å². The number of nitrogens with two attached hydrogens (primary N) is 1. The second-order valence-corrected chi connectivity index (χ2v) is 7.84. The highest BCUT2D eigenvalue weighted by Crippen LogP contribution is 2.39. The molecule has 2 heterocycles. The van der Waals surface area contributed by atoms with E-state index >= 15 is 0 Å². The first kappa shape index (κ1) is 20.1. The van der Waals surface area contributed by atoms with Gasteiger partial charge in [-0.2, -0.15) is 0 Å². The number of halogens is 1. The number of nitrogens with one attached hydrogen (secondary N) is 1. The van der Waals surface area contributed by atoms with Crippen LogP contribution in [0, 0.1) is 5.82 Å². The van der Waals surface area contributed by atoms with Crippen LogP contribution in [0.4, 0.5) is 15.1 Å². The molecule has 6 nitrogen and oxygen atoms in total. The number of nitrogens with zero attached hydrogens (tertiary/aromatic N) is 1. The summed E-state index contributed by atoms with van der Waals surface area (Å²) in [6.07, 6.45) is 0. The highest BCUT2D eigenvalue weighted by molar-refractivity contribution is 7.18. The lowest BCUT2D eigenvalue weighted by molar-refractivity contribution is 0.0993. The molecule has 0 spiro atoms. The molecule has 154 valence electrons. The Morgan fingerprint density at radius 1 is 1.07 bits per heavy atom. The lowest BCUT2D eigenvalue weighted by Crippen LogP contribution is -2.35. The van der Waals surface area contributed by atoms with Gasteiger partial charge in [-0.25, -0.2) is 4.39 Å². The zero-order valence-electron chi connectivity index (χ0n) is 16.1. The molecule has 0 unspecified atom stereocenters.